The molecule has 0 atom stereocenters. The molecule has 0 aromatic heterocycles. The van der Waals surface area contributed by atoms with E-state index in [1.54, 1.807) is 12.1 Å². The SMILES string of the molecule is CC(C)C.CC(CF)(CF)NC(=O)OCc1ccccc1.NC(=O)O. The van der Waals surface area contributed by atoms with E-state index in [4.69, 9.17) is 14.6 Å². The van der Waals surface area contributed by atoms with Crippen molar-refractivity contribution >= 4 is 12.2 Å². The zero-order chi connectivity index (χ0) is 19.9. The Kier molecular flexibility index (Phi) is 13.9. The Hall–Kier alpha value is -2.38. The van der Waals surface area contributed by atoms with Gasteiger partial charge in [-0.1, -0.05) is 51.1 Å². The first-order valence-corrected chi connectivity index (χ1v) is 7.65. The first-order chi connectivity index (χ1) is 11.6. The largest absolute Gasteiger partial charge is 0.465 e. The van der Waals surface area contributed by atoms with Gasteiger partial charge in [-0.15, -0.1) is 0 Å². The summed E-state index contributed by atoms with van der Waals surface area (Å²) in [6.45, 7) is 5.88. The normalized spacial score (nSPS) is 9.88. The maximum Gasteiger partial charge on any atom is 0.408 e. The van der Waals surface area contributed by atoms with E-state index in [0.717, 1.165) is 11.5 Å². The fourth-order valence-electron chi connectivity index (χ4n) is 1.11. The number of carbonyl (C=O) groups excluding carboxylic acids is 1. The molecule has 25 heavy (non-hydrogen) atoms. The lowest BCUT2D eigenvalue weighted by Gasteiger charge is -2.23. The Balaban J connectivity index is 0. The van der Waals surface area contributed by atoms with Crippen LogP contribution in [-0.4, -0.2) is 36.2 Å². The minimum atomic E-state index is -1.51. The highest BCUT2D eigenvalue weighted by Gasteiger charge is 2.27. The van der Waals surface area contributed by atoms with E-state index in [-0.39, 0.29) is 6.61 Å². The summed E-state index contributed by atoms with van der Waals surface area (Å²) in [5.74, 6) is 0.833. The van der Waals surface area contributed by atoms with Crippen LogP contribution in [0.25, 0.3) is 0 Å². The summed E-state index contributed by atoms with van der Waals surface area (Å²) in [4.78, 5) is 20.1. The molecule has 0 aliphatic heterocycles. The second-order valence-corrected chi connectivity index (χ2v) is 6.08. The average Bonchev–Trinajstić information content (AvgIpc) is 2.53. The number of nitrogens with two attached hydrogens (primary N) is 1. The summed E-state index contributed by atoms with van der Waals surface area (Å²) in [6, 6.07) is 9.04. The van der Waals surface area contributed by atoms with E-state index in [1.807, 2.05) is 18.2 Å². The number of halogens is 2. The molecule has 0 aliphatic carbocycles. The topological polar surface area (TPSA) is 102 Å². The van der Waals surface area contributed by atoms with E-state index in [9.17, 15) is 13.6 Å². The van der Waals surface area contributed by atoms with Gasteiger partial charge in [0.2, 0.25) is 0 Å². The van der Waals surface area contributed by atoms with Gasteiger partial charge in [-0.2, -0.15) is 0 Å². The molecule has 0 spiro atoms. The minimum Gasteiger partial charge on any atom is -0.465 e. The summed E-state index contributed by atoms with van der Waals surface area (Å²) >= 11 is 0. The van der Waals surface area contributed by atoms with Crippen LogP contribution in [0.3, 0.4) is 0 Å². The third-order valence-electron chi connectivity index (χ3n) is 2.21. The molecule has 0 aliphatic rings. The van der Waals surface area contributed by atoms with Gasteiger partial charge in [0.1, 0.15) is 20.0 Å². The van der Waals surface area contributed by atoms with E-state index in [2.05, 4.69) is 31.8 Å². The van der Waals surface area contributed by atoms with Gasteiger partial charge in [0, 0.05) is 0 Å². The highest BCUT2D eigenvalue weighted by molar-refractivity contribution is 5.68. The van der Waals surface area contributed by atoms with Crippen molar-refractivity contribution in [1.29, 1.82) is 0 Å². The summed E-state index contributed by atoms with van der Waals surface area (Å²) in [6.07, 6.45) is -2.16. The van der Waals surface area contributed by atoms with Gasteiger partial charge in [-0.3, -0.25) is 0 Å². The van der Waals surface area contributed by atoms with Crippen LogP contribution in [0.1, 0.15) is 33.3 Å². The number of nitrogens with one attached hydrogen (secondary N) is 1. The number of rotatable bonds is 5. The van der Waals surface area contributed by atoms with Gasteiger partial charge >= 0.3 is 12.2 Å². The number of benzene rings is 1. The minimum absolute atomic E-state index is 0.0708. The Morgan fingerprint density at radius 3 is 1.96 bits per heavy atom. The summed E-state index contributed by atoms with van der Waals surface area (Å²) in [5.41, 5.74) is 3.33. The van der Waals surface area contributed by atoms with Crippen molar-refractivity contribution in [2.75, 3.05) is 13.3 Å². The molecule has 8 heteroatoms. The number of carboxylic acid groups (broad SMARTS) is 1. The Morgan fingerprint density at radius 2 is 1.60 bits per heavy atom. The van der Waals surface area contributed by atoms with Crippen molar-refractivity contribution in [3.8, 4) is 0 Å². The molecular weight excluding hydrogens is 334 g/mol. The standard InChI is InChI=1S/C12H15F2NO2.C4H10.CH3NO2/c1-12(8-13,9-14)15-11(16)17-7-10-5-3-2-4-6-10;1-4(2)3;2-1(3)4/h2-6H,7-9H2,1H3,(H,15,16);4H,1-3H3;2H2,(H,3,4). The smallest absolute Gasteiger partial charge is 0.408 e. The van der Waals surface area contributed by atoms with Gasteiger partial charge in [-0.05, 0) is 18.4 Å². The van der Waals surface area contributed by atoms with Crippen molar-refractivity contribution in [2.24, 2.45) is 11.7 Å². The van der Waals surface area contributed by atoms with Crippen LogP contribution in [-0.2, 0) is 11.3 Å². The molecule has 0 radical (unpaired) electrons. The molecule has 144 valence electrons. The first-order valence-electron chi connectivity index (χ1n) is 7.65. The highest BCUT2D eigenvalue weighted by atomic mass is 19.1. The monoisotopic (exact) mass is 362 g/mol. The Morgan fingerprint density at radius 1 is 1.20 bits per heavy atom. The maximum absolute atomic E-state index is 12.5. The van der Waals surface area contributed by atoms with Crippen molar-refractivity contribution in [3.63, 3.8) is 0 Å². The lowest BCUT2D eigenvalue weighted by Crippen LogP contribution is -2.49. The number of hydrogen-bond acceptors (Lipinski definition) is 3. The zero-order valence-electron chi connectivity index (χ0n) is 15.1. The van der Waals surface area contributed by atoms with Crippen molar-refractivity contribution in [3.05, 3.63) is 35.9 Å². The predicted molar refractivity (Wildman–Crippen MR) is 92.8 cm³/mol. The highest BCUT2D eigenvalue weighted by Crippen LogP contribution is 2.07. The number of carbonyl (C=O) groups is 2. The Labute approximate surface area is 147 Å². The fraction of sp³-hybridized carbons (Fsp3) is 0.529. The summed E-state index contributed by atoms with van der Waals surface area (Å²) in [7, 11) is 0. The number of alkyl carbamates (subject to hydrolysis) is 1. The molecule has 0 saturated carbocycles. The van der Waals surface area contributed by atoms with Crippen LogP contribution in [0, 0.1) is 5.92 Å². The third-order valence-corrected chi connectivity index (χ3v) is 2.21. The molecule has 0 bridgehead atoms. The average molecular weight is 362 g/mol. The van der Waals surface area contributed by atoms with Gasteiger partial charge in [0.15, 0.2) is 0 Å². The van der Waals surface area contributed by atoms with Crippen LogP contribution in [0.4, 0.5) is 18.4 Å². The van der Waals surface area contributed by atoms with E-state index < -0.39 is 31.1 Å². The molecule has 2 amide bonds. The third kappa shape index (κ3) is 17.8. The van der Waals surface area contributed by atoms with E-state index >= 15 is 0 Å². The molecule has 6 nitrogen and oxygen atoms in total. The molecule has 1 rings (SSSR count). The van der Waals surface area contributed by atoms with Crippen LogP contribution >= 0.6 is 0 Å². The van der Waals surface area contributed by atoms with E-state index in [1.165, 1.54) is 6.92 Å². The summed E-state index contributed by atoms with van der Waals surface area (Å²) < 4.78 is 29.8. The molecule has 4 N–H and O–H groups in total. The number of alkyl halides is 2. The Bertz CT molecular complexity index is 474. The molecular formula is C17H28F2N2O4. The zero-order valence-corrected chi connectivity index (χ0v) is 15.1. The first kappa shape index (κ1) is 24.9. The van der Waals surface area contributed by atoms with Gasteiger partial charge < -0.3 is 20.9 Å². The van der Waals surface area contributed by atoms with E-state index in [0.29, 0.717) is 0 Å². The number of hydrogen-bond donors (Lipinski definition) is 3. The predicted octanol–water partition coefficient (Wildman–Crippen LogP) is 3.90. The van der Waals surface area contributed by atoms with Crippen LogP contribution in [0.2, 0.25) is 0 Å². The molecule has 0 heterocycles. The lowest BCUT2D eigenvalue weighted by atomic mass is 10.1. The lowest BCUT2D eigenvalue weighted by molar-refractivity contribution is 0.116. The number of primary amides is 1. The molecule has 1 aromatic rings. The quantitative estimate of drug-likeness (QED) is 0.739. The second-order valence-electron chi connectivity index (χ2n) is 6.08. The van der Waals surface area contributed by atoms with Crippen LogP contribution in [0.5, 0.6) is 0 Å². The molecule has 0 saturated heterocycles. The van der Waals surface area contributed by atoms with Crippen LogP contribution in [0.15, 0.2) is 30.3 Å². The van der Waals surface area contributed by atoms with Crippen molar-refractivity contribution in [1.82, 2.24) is 5.32 Å². The fourth-order valence-corrected chi connectivity index (χ4v) is 1.11. The van der Waals surface area contributed by atoms with Gasteiger partial charge in [0.05, 0.1) is 5.54 Å². The molecule has 0 unspecified atom stereocenters. The second kappa shape index (κ2) is 14.0. The molecule has 1 aromatic carbocycles. The van der Waals surface area contributed by atoms with Crippen molar-refractivity contribution < 1.29 is 28.2 Å². The van der Waals surface area contributed by atoms with Gasteiger partial charge in [-0.25, -0.2) is 18.4 Å². The van der Waals surface area contributed by atoms with Crippen LogP contribution < -0.4 is 11.1 Å². The van der Waals surface area contributed by atoms with Crippen molar-refractivity contribution in [2.45, 2.75) is 39.8 Å². The summed E-state index contributed by atoms with van der Waals surface area (Å²) in [5, 5.41) is 9.35. The number of amides is 2. The number of ether oxygens (including phenoxy) is 1. The molecule has 0 fully saturated rings. The maximum atomic E-state index is 12.5. The van der Waals surface area contributed by atoms with Gasteiger partial charge in [0.25, 0.3) is 0 Å².